The van der Waals surface area contributed by atoms with Crippen LogP contribution in [-0.4, -0.2) is 0 Å². The molecule has 0 spiro atoms. The van der Waals surface area contributed by atoms with Gasteiger partial charge in [-0.25, -0.2) is 0 Å². The number of fused-ring (bicyclic) bond motifs is 1. The lowest BCUT2D eigenvalue weighted by atomic mass is 10.1. The quantitative estimate of drug-likeness (QED) is 0.301. The minimum Gasteiger partial charge on any atom is -0.0842 e. The van der Waals surface area contributed by atoms with Gasteiger partial charge in [-0.1, -0.05) is 148 Å². The molecular formula is C32H36. The van der Waals surface area contributed by atoms with Gasteiger partial charge in [0.1, 0.15) is 0 Å². The van der Waals surface area contributed by atoms with E-state index in [4.69, 9.17) is 0 Å². The molecule has 4 rings (SSSR count). The fraction of sp³-hybridized carbons (Fsp3) is 0.188. The fourth-order valence-electron chi connectivity index (χ4n) is 3.09. The summed E-state index contributed by atoms with van der Waals surface area (Å²) in [6.45, 7) is 6.46. The molecule has 0 fully saturated rings. The van der Waals surface area contributed by atoms with Gasteiger partial charge in [-0.2, -0.15) is 0 Å². The van der Waals surface area contributed by atoms with Gasteiger partial charge >= 0.3 is 0 Å². The molecule has 0 saturated heterocycles. The Morgan fingerprint density at radius 3 is 1.44 bits per heavy atom. The van der Waals surface area contributed by atoms with Crippen LogP contribution in [0.1, 0.15) is 50.3 Å². The average Bonchev–Trinajstić information content (AvgIpc) is 2.88. The van der Waals surface area contributed by atoms with E-state index in [9.17, 15) is 0 Å². The normalized spacial score (nSPS) is 10.5. The van der Waals surface area contributed by atoms with Gasteiger partial charge in [0.15, 0.2) is 0 Å². The maximum atomic E-state index is 2.26. The number of hydrogen-bond donors (Lipinski definition) is 0. The predicted octanol–water partition coefficient (Wildman–Crippen LogP) is 9.62. The van der Waals surface area contributed by atoms with Crippen LogP contribution in [0.2, 0.25) is 0 Å². The van der Waals surface area contributed by atoms with Gasteiger partial charge in [0.05, 0.1) is 0 Å². The zero-order chi connectivity index (χ0) is 22.9. The summed E-state index contributed by atoms with van der Waals surface area (Å²) in [5, 5.41) is 2.67. The number of rotatable bonds is 5. The van der Waals surface area contributed by atoms with Crippen molar-refractivity contribution in [2.75, 3.05) is 0 Å². The first-order valence-electron chi connectivity index (χ1n) is 11.7. The third-order valence-corrected chi connectivity index (χ3v) is 4.91. The second-order valence-corrected chi connectivity index (χ2v) is 7.48. The molecule has 0 aliphatic heterocycles. The fourth-order valence-corrected chi connectivity index (χ4v) is 3.09. The van der Waals surface area contributed by atoms with Gasteiger partial charge in [-0.15, -0.1) is 0 Å². The third-order valence-electron chi connectivity index (χ3n) is 4.91. The molecule has 4 aromatic carbocycles. The molecule has 0 aliphatic rings. The van der Waals surface area contributed by atoms with Crippen LogP contribution in [-0.2, 0) is 6.42 Å². The highest BCUT2D eigenvalue weighted by molar-refractivity contribution is 5.82. The summed E-state index contributed by atoms with van der Waals surface area (Å²) in [7, 11) is 0. The largest absolute Gasteiger partial charge is 0.0842 e. The van der Waals surface area contributed by atoms with E-state index in [0.29, 0.717) is 0 Å². The van der Waals surface area contributed by atoms with Crippen molar-refractivity contribution in [1.29, 1.82) is 0 Å². The molecule has 0 heterocycles. The molecule has 0 atom stereocenters. The molecule has 164 valence electrons. The molecule has 0 saturated carbocycles. The van der Waals surface area contributed by atoms with Crippen molar-refractivity contribution in [3.05, 3.63) is 132 Å². The Labute approximate surface area is 195 Å². The maximum Gasteiger partial charge on any atom is -0.0181 e. The van der Waals surface area contributed by atoms with E-state index in [2.05, 4.69) is 136 Å². The van der Waals surface area contributed by atoms with Gasteiger partial charge in [-0.05, 0) is 46.7 Å². The lowest BCUT2D eigenvalue weighted by molar-refractivity contribution is 1.15. The van der Waals surface area contributed by atoms with Crippen molar-refractivity contribution >= 4 is 22.9 Å². The van der Waals surface area contributed by atoms with Gasteiger partial charge in [0, 0.05) is 0 Å². The minimum absolute atomic E-state index is 1.11. The number of allylic oxidation sites excluding steroid dienone is 2. The summed E-state index contributed by atoms with van der Waals surface area (Å²) in [4.78, 5) is 0. The van der Waals surface area contributed by atoms with Crippen LogP contribution in [0.5, 0.6) is 0 Å². The first-order chi connectivity index (χ1) is 15.8. The number of aryl methyl sites for hydroxylation is 1. The van der Waals surface area contributed by atoms with Gasteiger partial charge in [0.2, 0.25) is 0 Å². The smallest absolute Gasteiger partial charge is 0.0181 e. The van der Waals surface area contributed by atoms with E-state index >= 15 is 0 Å². The Morgan fingerprint density at radius 2 is 0.969 bits per heavy atom. The predicted molar refractivity (Wildman–Crippen MR) is 145 cm³/mol. The Bertz CT molecular complexity index is 1010. The number of benzene rings is 4. The third kappa shape index (κ3) is 9.62. The molecule has 32 heavy (non-hydrogen) atoms. The molecular weight excluding hydrogens is 384 g/mol. The summed E-state index contributed by atoms with van der Waals surface area (Å²) in [5.41, 5.74) is 3.97. The first kappa shape index (κ1) is 24.9. The highest BCUT2D eigenvalue weighted by atomic mass is 14.0. The zero-order valence-corrected chi connectivity index (χ0v) is 19.7. The van der Waals surface area contributed by atoms with E-state index in [1.54, 1.807) is 0 Å². The molecule has 0 aromatic heterocycles. The molecule has 4 aromatic rings. The summed E-state index contributed by atoms with van der Waals surface area (Å²) in [5.74, 6) is 0. The zero-order valence-electron chi connectivity index (χ0n) is 19.7. The Hall–Kier alpha value is -3.38. The number of hydrogen-bond acceptors (Lipinski definition) is 0. The van der Waals surface area contributed by atoms with E-state index < -0.39 is 0 Å². The Kier molecular flexibility index (Phi) is 12.0. The van der Waals surface area contributed by atoms with Crippen molar-refractivity contribution in [2.45, 2.75) is 40.0 Å². The van der Waals surface area contributed by atoms with E-state index in [0.717, 1.165) is 19.3 Å². The standard InChI is InChI=1S/C12H12.2C10H12/c1-2-10-7-8-11-5-3-4-6-12(11)9-10;2*1-2-3-7-10-8-5-4-6-9-10/h3-9H,2H2,1H3;2*3-9H,2H2,1H3/b;2*7-3+. The van der Waals surface area contributed by atoms with Crippen LogP contribution in [0.15, 0.2) is 115 Å². The molecule has 0 unspecified atom stereocenters. The maximum absolute atomic E-state index is 2.26. The van der Waals surface area contributed by atoms with E-state index in [-0.39, 0.29) is 0 Å². The molecule has 0 N–H and O–H groups in total. The van der Waals surface area contributed by atoms with Crippen LogP contribution < -0.4 is 0 Å². The van der Waals surface area contributed by atoms with Crippen molar-refractivity contribution in [2.24, 2.45) is 0 Å². The van der Waals surface area contributed by atoms with Crippen molar-refractivity contribution in [1.82, 2.24) is 0 Å². The van der Waals surface area contributed by atoms with Crippen LogP contribution in [0.3, 0.4) is 0 Å². The molecule has 0 nitrogen and oxygen atoms in total. The summed E-state index contributed by atoms with van der Waals surface area (Å²) >= 11 is 0. The monoisotopic (exact) mass is 420 g/mol. The van der Waals surface area contributed by atoms with Crippen molar-refractivity contribution < 1.29 is 0 Å². The highest BCUT2D eigenvalue weighted by Crippen LogP contribution is 2.15. The van der Waals surface area contributed by atoms with Gasteiger partial charge in [0.25, 0.3) is 0 Å². The first-order valence-corrected chi connectivity index (χ1v) is 11.7. The van der Waals surface area contributed by atoms with E-state index in [1.807, 2.05) is 12.1 Å². The van der Waals surface area contributed by atoms with Crippen molar-refractivity contribution in [3.8, 4) is 0 Å². The highest BCUT2D eigenvalue weighted by Gasteiger charge is 1.92. The van der Waals surface area contributed by atoms with Crippen LogP contribution in [0, 0.1) is 0 Å². The second-order valence-electron chi connectivity index (χ2n) is 7.48. The molecule has 0 bridgehead atoms. The SMILES string of the molecule is CC/C=C/c1ccccc1.CC/C=C/c1ccccc1.CCc1ccc2ccccc2c1. The molecule has 0 heteroatoms. The topological polar surface area (TPSA) is 0 Å². The van der Waals surface area contributed by atoms with Crippen molar-refractivity contribution in [3.63, 3.8) is 0 Å². The Morgan fingerprint density at radius 1 is 0.500 bits per heavy atom. The lowest BCUT2D eigenvalue weighted by Crippen LogP contribution is -1.79. The lowest BCUT2D eigenvalue weighted by Gasteiger charge is -1.99. The summed E-state index contributed by atoms with van der Waals surface area (Å²) in [6.07, 6.45) is 11.9. The van der Waals surface area contributed by atoms with Gasteiger partial charge < -0.3 is 0 Å². The summed E-state index contributed by atoms with van der Waals surface area (Å²) in [6, 6.07) is 35.8. The molecule has 0 radical (unpaired) electrons. The van der Waals surface area contributed by atoms with Crippen LogP contribution in [0.4, 0.5) is 0 Å². The minimum atomic E-state index is 1.11. The van der Waals surface area contributed by atoms with Crippen LogP contribution in [0.25, 0.3) is 22.9 Å². The van der Waals surface area contributed by atoms with Crippen LogP contribution >= 0.6 is 0 Å². The molecule has 0 aliphatic carbocycles. The summed E-state index contributed by atoms with van der Waals surface area (Å²) < 4.78 is 0. The van der Waals surface area contributed by atoms with E-state index in [1.165, 1.54) is 27.5 Å². The second kappa shape index (κ2) is 15.4. The Balaban J connectivity index is 0.000000171. The van der Waals surface area contributed by atoms with Gasteiger partial charge in [-0.3, -0.25) is 0 Å². The average molecular weight is 421 g/mol. The molecule has 0 amide bonds.